The van der Waals surface area contributed by atoms with Crippen LogP contribution in [-0.2, 0) is 6.42 Å². The molecule has 0 saturated heterocycles. The van der Waals surface area contributed by atoms with Gasteiger partial charge in [-0.2, -0.15) is 0 Å². The van der Waals surface area contributed by atoms with Crippen molar-refractivity contribution in [3.05, 3.63) is 69.5 Å². The molecule has 0 aliphatic heterocycles. The summed E-state index contributed by atoms with van der Waals surface area (Å²) in [5, 5.41) is 4.51. The van der Waals surface area contributed by atoms with E-state index in [1.807, 2.05) is 18.2 Å². The van der Waals surface area contributed by atoms with E-state index >= 15 is 0 Å². The molecular weight excluding hydrogens is 296 g/mol. The van der Waals surface area contributed by atoms with Crippen LogP contribution in [0.2, 0.25) is 10.0 Å². The van der Waals surface area contributed by atoms with Gasteiger partial charge in [0.2, 0.25) is 0 Å². The van der Waals surface area contributed by atoms with E-state index in [1.54, 1.807) is 18.2 Å². The topological polar surface area (TPSA) is 12.0 Å². The maximum Gasteiger partial charge on any atom is 0.123 e. The predicted octanol–water partition coefficient (Wildman–Crippen LogP) is 5.03. The van der Waals surface area contributed by atoms with Crippen LogP contribution in [0.3, 0.4) is 0 Å². The Labute approximate surface area is 128 Å². The Bertz CT molecular complexity index is 586. The maximum atomic E-state index is 13.1. The highest BCUT2D eigenvalue weighted by Gasteiger charge is 2.07. The second kappa shape index (κ2) is 7.07. The van der Waals surface area contributed by atoms with Gasteiger partial charge in [-0.3, -0.25) is 0 Å². The summed E-state index contributed by atoms with van der Waals surface area (Å²) in [5.41, 5.74) is 2.07. The van der Waals surface area contributed by atoms with Gasteiger partial charge < -0.3 is 5.32 Å². The van der Waals surface area contributed by atoms with Crippen LogP contribution < -0.4 is 5.32 Å². The second-order valence-electron chi connectivity index (χ2n) is 4.73. The van der Waals surface area contributed by atoms with Crippen molar-refractivity contribution in [1.29, 1.82) is 0 Å². The molecule has 0 fully saturated rings. The van der Waals surface area contributed by atoms with E-state index in [0.717, 1.165) is 24.1 Å². The van der Waals surface area contributed by atoms with Crippen molar-refractivity contribution in [2.24, 2.45) is 0 Å². The largest absolute Gasteiger partial charge is 0.310 e. The molecule has 0 aliphatic rings. The molecule has 0 aromatic heterocycles. The van der Waals surface area contributed by atoms with Crippen LogP contribution in [0.4, 0.5) is 4.39 Å². The SMILES string of the molecule is CC(NCCc1cccc(F)c1)c1ccc(Cl)c(Cl)c1. The fourth-order valence-corrected chi connectivity index (χ4v) is 2.33. The number of rotatable bonds is 5. The molecule has 106 valence electrons. The molecule has 4 heteroatoms. The first kappa shape index (κ1) is 15.3. The lowest BCUT2D eigenvalue weighted by atomic mass is 10.1. The van der Waals surface area contributed by atoms with Crippen LogP contribution in [0.5, 0.6) is 0 Å². The van der Waals surface area contributed by atoms with Gasteiger partial charge in [0.15, 0.2) is 0 Å². The molecule has 1 unspecified atom stereocenters. The Kier molecular flexibility index (Phi) is 5.41. The van der Waals surface area contributed by atoms with E-state index in [2.05, 4.69) is 12.2 Å². The van der Waals surface area contributed by atoms with Crippen molar-refractivity contribution in [2.45, 2.75) is 19.4 Å². The highest BCUT2D eigenvalue weighted by molar-refractivity contribution is 6.42. The van der Waals surface area contributed by atoms with Gasteiger partial charge in [-0.25, -0.2) is 4.39 Å². The third kappa shape index (κ3) is 4.20. The number of hydrogen-bond donors (Lipinski definition) is 1. The molecule has 1 N–H and O–H groups in total. The zero-order valence-electron chi connectivity index (χ0n) is 11.2. The fraction of sp³-hybridized carbons (Fsp3) is 0.250. The van der Waals surface area contributed by atoms with Gasteiger partial charge in [-0.1, -0.05) is 41.4 Å². The molecule has 0 spiro atoms. The molecular formula is C16H16Cl2FN. The Morgan fingerprint density at radius 1 is 1.10 bits per heavy atom. The first-order chi connectivity index (χ1) is 9.56. The third-order valence-electron chi connectivity index (χ3n) is 3.20. The summed E-state index contributed by atoms with van der Waals surface area (Å²) in [6.07, 6.45) is 0.781. The van der Waals surface area contributed by atoms with E-state index in [0.29, 0.717) is 10.0 Å². The average molecular weight is 312 g/mol. The van der Waals surface area contributed by atoms with Crippen molar-refractivity contribution in [2.75, 3.05) is 6.54 Å². The molecule has 20 heavy (non-hydrogen) atoms. The lowest BCUT2D eigenvalue weighted by Gasteiger charge is -2.15. The summed E-state index contributed by atoms with van der Waals surface area (Å²) in [6, 6.07) is 12.4. The van der Waals surface area contributed by atoms with E-state index in [-0.39, 0.29) is 11.9 Å². The number of benzene rings is 2. The molecule has 0 aliphatic carbocycles. The summed E-state index contributed by atoms with van der Waals surface area (Å²) in [7, 11) is 0. The Morgan fingerprint density at radius 2 is 1.90 bits per heavy atom. The standard InChI is InChI=1S/C16H16Cl2FN/c1-11(13-5-6-15(17)16(18)10-13)20-8-7-12-3-2-4-14(19)9-12/h2-6,9-11,20H,7-8H2,1H3. The van der Waals surface area contributed by atoms with Gasteiger partial charge >= 0.3 is 0 Å². The Balaban J connectivity index is 1.88. The molecule has 1 nitrogen and oxygen atoms in total. The van der Waals surface area contributed by atoms with Gasteiger partial charge in [0, 0.05) is 6.04 Å². The summed E-state index contributed by atoms with van der Waals surface area (Å²) >= 11 is 11.9. The molecule has 0 radical (unpaired) electrons. The molecule has 0 amide bonds. The van der Waals surface area contributed by atoms with Crippen molar-refractivity contribution in [3.63, 3.8) is 0 Å². The second-order valence-corrected chi connectivity index (χ2v) is 5.54. The van der Waals surface area contributed by atoms with E-state index in [1.165, 1.54) is 6.07 Å². The van der Waals surface area contributed by atoms with Crippen LogP contribution in [0, 0.1) is 5.82 Å². The van der Waals surface area contributed by atoms with E-state index in [9.17, 15) is 4.39 Å². The lowest BCUT2D eigenvalue weighted by Crippen LogP contribution is -2.21. The highest BCUT2D eigenvalue weighted by atomic mass is 35.5. The molecule has 2 aromatic carbocycles. The van der Waals surface area contributed by atoms with Crippen molar-refractivity contribution >= 4 is 23.2 Å². The van der Waals surface area contributed by atoms with Gasteiger partial charge in [0.1, 0.15) is 5.82 Å². The van der Waals surface area contributed by atoms with Crippen LogP contribution in [0.15, 0.2) is 42.5 Å². The first-order valence-electron chi connectivity index (χ1n) is 6.49. The zero-order valence-corrected chi connectivity index (χ0v) is 12.7. The van der Waals surface area contributed by atoms with Crippen molar-refractivity contribution < 1.29 is 4.39 Å². The summed E-state index contributed by atoms with van der Waals surface area (Å²) in [5.74, 6) is -0.194. The Morgan fingerprint density at radius 3 is 2.60 bits per heavy atom. The molecule has 0 bridgehead atoms. The van der Waals surface area contributed by atoms with Gasteiger partial charge in [0.05, 0.1) is 10.0 Å². The van der Waals surface area contributed by atoms with Crippen molar-refractivity contribution in [3.8, 4) is 0 Å². The van der Waals surface area contributed by atoms with Gasteiger partial charge in [-0.05, 0) is 55.3 Å². The third-order valence-corrected chi connectivity index (χ3v) is 3.94. The minimum atomic E-state index is -0.194. The molecule has 1 atom stereocenters. The molecule has 0 heterocycles. The minimum absolute atomic E-state index is 0.165. The lowest BCUT2D eigenvalue weighted by molar-refractivity contribution is 0.574. The summed E-state index contributed by atoms with van der Waals surface area (Å²) < 4.78 is 13.1. The average Bonchev–Trinajstić information content (AvgIpc) is 2.42. The van der Waals surface area contributed by atoms with Crippen LogP contribution in [0.25, 0.3) is 0 Å². The smallest absolute Gasteiger partial charge is 0.123 e. The number of nitrogens with one attached hydrogen (secondary N) is 1. The minimum Gasteiger partial charge on any atom is -0.310 e. The normalized spacial score (nSPS) is 12.4. The van der Waals surface area contributed by atoms with E-state index in [4.69, 9.17) is 23.2 Å². The van der Waals surface area contributed by atoms with Gasteiger partial charge in [0.25, 0.3) is 0 Å². The number of hydrogen-bond acceptors (Lipinski definition) is 1. The van der Waals surface area contributed by atoms with Crippen LogP contribution >= 0.6 is 23.2 Å². The Hall–Kier alpha value is -1.09. The van der Waals surface area contributed by atoms with Gasteiger partial charge in [-0.15, -0.1) is 0 Å². The number of halogens is 3. The first-order valence-corrected chi connectivity index (χ1v) is 7.24. The molecule has 0 saturated carbocycles. The van der Waals surface area contributed by atoms with Crippen LogP contribution in [0.1, 0.15) is 24.1 Å². The zero-order chi connectivity index (χ0) is 14.5. The monoisotopic (exact) mass is 311 g/mol. The predicted molar refractivity (Wildman–Crippen MR) is 83.0 cm³/mol. The molecule has 2 rings (SSSR count). The molecule has 2 aromatic rings. The summed E-state index contributed by atoms with van der Waals surface area (Å²) in [6.45, 7) is 2.83. The quantitative estimate of drug-likeness (QED) is 0.817. The maximum absolute atomic E-state index is 13.1. The summed E-state index contributed by atoms with van der Waals surface area (Å²) in [4.78, 5) is 0. The van der Waals surface area contributed by atoms with Crippen LogP contribution in [-0.4, -0.2) is 6.54 Å². The highest BCUT2D eigenvalue weighted by Crippen LogP contribution is 2.25. The fourth-order valence-electron chi connectivity index (χ4n) is 2.03. The van der Waals surface area contributed by atoms with E-state index < -0.39 is 0 Å². The van der Waals surface area contributed by atoms with Crippen molar-refractivity contribution in [1.82, 2.24) is 5.32 Å².